The number of carboxylic acid groups (broad SMARTS) is 1. The third-order valence-electron chi connectivity index (χ3n) is 3.91. The first-order valence-corrected chi connectivity index (χ1v) is 8.75. The Bertz CT molecular complexity index is 729. The minimum Gasteiger partial charge on any atom is -0.478 e. The standard InChI is InChI=1S/C14H20N2O6S/c1-4-11(17)15-5-7-16(8-6-15)23(20,21)13-10(3)22-9(2)12(13)14(18)19/h4-8H2,1-3H3,(H,18,19). The van der Waals surface area contributed by atoms with Crippen LogP contribution in [0.3, 0.4) is 0 Å². The van der Waals surface area contributed by atoms with Crippen LogP contribution in [0, 0.1) is 13.8 Å². The molecule has 23 heavy (non-hydrogen) atoms. The fourth-order valence-corrected chi connectivity index (χ4v) is 4.55. The largest absolute Gasteiger partial charge is 0.478 e. The van der Waals surface area contributed by atoms with E-state index in [1.807, 2.05) is 0 Å². The van der Waals surface area contributed by atoms with E-state index >= 15 is 0 Å². The summed E-state index contributed by atoms with van der Waals surface area (Å²) in [5.74, 6) is -1.23. The first-order valence-electron chi connectivity index (χ1n) is 7.31. The first-order chi connectivity index (χ1) is 10.7. The molecule has 0 aromatic carbocycles. The van der Waals surface area contributed by atoms with E-state index in [1.165, 1.54) is 18.2 Å². The van der Waals surface area contributed by atoms with Crippen LogP contribution in [0.4, 0.5) is 0 Å². The maximum atomic E-state index is 12.8. The molecule has 1 amide bonds. The van der Waals surface area contributed by atoms with E-state index in [-0.39, 0.29) is 41.0 Å². The topological polar surface area (TPSA) is 108 Å². The summed E-state index contributed by atoms with van der Waals surface area (Å²) < 4.78 is 32.0. The van der Waals surface area contributed by atoms with Gasteiger partial charge in [0.2, 0.25) is 15.9 Å². The number of sulfonamides is 1. The Morgan fingerprint density at radius 1 is 1.13 bits per heavy atom. The average molecular weight is 344 g/mol. The molecule has 1 aromatic rings. The molecule has 1 aliphatic rings. The minimum atomic E-state index is -3.98. The van der Waals surface area contributed by atoms with Gasteiger partial charge in [-0.15, -0.1) is 0 Å². The number of piperazine rings is 1. The second-order valence-electron chi connectivity index (χ2n) is 5.36. The lowest BCUT2D eigenvalue weighted by molar-refractivity contribution is -0.132. The Morgan fingerprint density at radius 2 is 1.70 bits per heavy atom. The predicted molar refractivity (Wildman–Crippen MR) is 80.8 cm³/mol. The van der Waals surface area contributed by atoms with Crippen molar-refractivity contribution in [3.63, 3.8) is 0 Å². The Labute approximate surface area is 134 Å². The van der Waals surface area contributed by atoms with E-state index in [2.05, 4.69) is 0 Å². The van der Waals surface area contributed by atoms with Gasteiger partial charge in [0.05, 0.1) is 0 Å². The minimum absolute atomic E-state index is 0.0244. The van der Waals surface area contributed by atoms with E-state index in [4.69, 9.17) is 4.42 Å². The van der Waals surface area contributed by atoms with Crippen LogP contribution in [0.5, 0.6) is 0 Å². The van der Waals surface area contributed by atoms with Crippen molar-refractivity contribution < 1.29 is 27.5 Å². The molecule has 0 spiro atoms. The average Bonchev–Trinajstić information content (AvgIpc) is 2.81. The summed E-state index contributed by atoms with van der Waals surface area (Å²) in [5.41, 5.74) is -0.324. The zero-order valence-corrected chi connectivity index (χ0v) is 14.1. The van der Waals surface area contributed by atoms with Crippen LogP contribution < -0.4 is 0 Å². The van der Waals surface area contributed by atoms with Gasteiger partial charge in [0.25, 0.3) is 0 Å². The third-order valence-corrected chi connectivity index (χ3v) is 5.96. The lowest BCUT2D eigenvalue weighted by Crippen LogP contribution is -2.50. The van der Waals surface area contributed by atoms with Gasteiger partial charge in [-0.25, -0.2) is 13.2 Å². The summed E-state index contributed by atoms with van der Waals surface area (Å²) in [6, 6.07) is 0. The molecule has 8 nitrogen and oxygen atoms in total. The fraction of sp³-hybridized carbons (Fsp3) is 0.571. The van der Waals surface area contributed by atoms with Crippen molar-refractivity contribution in [2.75, 3.05) is 26.2 Å². The molecule has 0 atom stereocenters. The molecule has 1 saturated heterocycles. The molecule has 9 heteroatoms. The van der Waals surface area contributed by atoms with Gasteiger partial charge in [0.15, 0.2) is 0 Å². The number of rotatable bonds is 4. The summed E-state index contributed by atoms with van der Waals surface area (Å²) in [6.07, 6.45) is 0.371. The van der Waals surface area contributed by atoms with Gasteiger partial charge in [0.1, 0.15) is 22.0 Å². The van der Waals surface area contributed by atoms with Gasteiger partial charge in [0, 0.05) is 32.6 Å². The van der Waals surface area contributed by atoms with Crippen LogP contribution >= 0.6 is 0 Å². The molecule has 0 radical (unpaired) electrons. The molecule has 0 bridgehead atoms. The highest BCUT2D eigenvalue weighted by Crippen LogP contribution is 2.29. The SMILES string of the molecule is CCC(=O)N1CCN(S(=O)(=O)c2c(C)oc(C)c2C(=O)O)CC1. The van der Waals surface area contributed by atoms with Gasteiger partial charge >= 0.3 is 5.97 Å². The Balaban J connectivity index is 2.31. The van der Waals surface area contributed by atoms with E-state index in [0.717, 1.165) is 0 Å². The van der Waals surface area contributed by atoms with Crippen molar-refractivity contribution in [3.05, 3.63) is 17.1 Å². The molecule has 0 aliphatic carbocycles. The number of furan rings is 1. The number of carboxylic acids is 1. The predicted octanol–water partition coefficient (Wildman–Crippen LogP) is 0.838. The van der Waals surface area contributed by atoms with E-state index in [1.54, 1.807) is 11.8 Å². The van der Waals surface area contributed by atoms with Crippen LogP contribution in [0.25, 0.3) is 0 Å². The van der Waals surface area contributed by atoms with Gasteiger partial charge in [-0.1, -0.05) is 6.92 Å². The smallest absolute Gasteiger partial charge is 0.340 e. The number of nitrogens with zero attached hydrogens (tertiary/aromatic N) is 2. The Hall–Kier alpha value is -1.87. The quantitative estimate of drug-likeness (QED) is 0.867. The zero-order chi connectivity index (χ0) is 17.4. The highest BCUT2D eigenvalue weighted by atomic mass is 32.2. The fourth-order valence-electron chi connectivity index (χ4n) is 2.75. The number of hydrogen-bond acceptors (Lipinski definition) is 5. The van der Waals surface area contributed by atoms with Crippen molar-refractivity contribution in [1.29, 1.82) is 0 Å². The molecule has 0 saturated carbocycles. The summed E-state index contributed by atoms with van der Waals surface area (Å²) in [7, 11) is -3.98. The number of aromatic carboxylic acids is 1. The highest BCUT2D eigenvalue weighted by Gasteiger charge is 2.37. The summed E-state index contributed by atoms with van der Waals surface area (Å²) in [4.78, 5) is 24.3. The van der Waals surface area contributed by atoms with Crippen molar-refractivity contribution in [2.45, 2.75) is 32.1 Å². The molecule has 0 unspecified atom stereocenters. The van der Waals surface area contributed by atoms with Crippen LogP contribution in [0.2, 0.25) is 0 Å². The van der Waals surface area contributed by atoms with Crippen LogP contribution in [0.15, 0.2) is 9.31 Å². The summed E-state index contributed by atoms with van der Waals surface area (Å²) in [5, 5.41) is 9.27. The first kappa shape index (κ1) is 17.5. The molecule has 128 valence electrons. The van der Waals surface area contributed by atoms with Gasteiger partial charge in [-0.3, -0.25) is 4.79 Å². The molecule has 1 aliphatic heterocycles. The summed E-state index contributed by atoms with van der Waals surface area (Å²) >= 11 is 0. The van der Waals surface area contributed by atoms with Gasteiger partial charge in [-0.05, 0) is 13.8 Å². The lowest BCUT2D eigenvalue weighted by atomic mass is 10.2. The van der Waals surface area contributed by atoms with Crippen molar-refractivity contribution in [1.82, 2.24) is 9.21 Å². The molecule has 1 N–H and O–H groups in total. The molecule has 1 fully saturated rings. The Kier molecular flexibility index (Phi) is 4.81. The second-order valence-corrected chi connectivity index (χ2v) is 7.24. The number of carbonyl (C=O) groups excluding carboxylic acids is 1. The normalized spacial score (nSPS) is 16.6. The zero-order valence-electron chi connectivity index (χ0n) is 13.3. The number of carbonyl (C=O) groups is 2. The molecule has 2 heterocycles. The van der Waals surface area contributed by atoms with Crippen molar-refractivity contribution >= 4 is 21.9 Å². The number of hydrogen-bond donors (Lipinski definition) is 1. The van der Waals surface area contributed by atoms with Crippen LogP contribution in [-0.4, -0.2) is 60.8 Å². The number of amides is 1. The number of aryl methyl sites for hydroxylation is 2. The van der Waals surface area contributed by atoms with Crippen LogP contribution in [-0.2, 0) is 14.8 Å². The molecule has 1 aromatic heterocycles. The molecular formula is C14H20N2O6S. The van der Waals surface area contributed by atoms with Crippen molar-refractivity contribution in [2.24, 2.45) is 0 Å². The highest BCUT2D eigenvalue weighted by molar-refractivity contribution is 7.89. The van der Waals surface area contributed by atoms with Gasteiger partial charge < -0.3 is 14.4 Å². The summed E-state index contributed by atoms with van der Waals surface area (Å²) in [6.45, 7) is 5.47. The van der Waals surface area contributed by atoms with E-state index in [0.29, 0.717) is 19.5 Å². The maximum Gasteiger partial charge on any atom is 0.340 e. The lowest BCUT2D eigenvalue weighted by Gasteiger charge is -2.33. The van der Waals surface area contributed by atoms with Gasteiger partial charge in [-0.2, -0.15) is 4.31 Å². The van der Waals surface area contributed by atoms with Crippen LogP contribution in [0.1, 0.15) is 35.2 Å². The molecular weight excluding hydrogens is 324 g/mol. The van der Waals surface area contributed by atoms with E-state index in [9.17, 15) is 23.1 Å². The third kappa shape index (κ3) is 3.11. The maximum absolute atomic E-state index is 12.8. The van der Waals surface area contributed by atoms with Crippen molar-refractivity contribution in [3.8, 4) is 0 Å². The molecule has 2 rings (SSSR count). The monoisotopic (exact) mass is 344 g/mol. The van der Waals surface area contributed by atoms with E-state index < -0.39 is 16.0 Å². The Morgan fingerprint density at radius 3 is 2.17 bits per heavy atom. The second kappa shape index (κ2) is 6.32.